The molecule has 0 amide bonds. The van der Waals surface area contributed by atoms with Crippen LogP contribution in [-0.4, -0.2) is 11.5 Å². The first-order valence-corrected chi connectivity index (χ1v) is 6.78. The quantitative estimate of drug-likeness (QED) is 0.678. The lowest BCUT2D eigenvalue weighted by Gasteiger charge is -2.15. The molecule has 0 radical (unpaired) electrons. The van der Waals surface area contributed by atoms with Gasteiger partial charge in [-0.25, -0.2) is 0 Å². The summed E-state index contributed by atoms with van der Waals surface area (Å²) in [6.45, 7) is 1.94. The van der Waals surface area contributed by atoms with E-state index >= 15 is 0 Å². The Bertz CT molecular complexity index is 712. The summed E-state index contributed by atoms with van der Waals surface area (Å²) in [6.07, 6.45) is 2.18. The van der Waals surface area contributed by atoms with E-state index in [1.54, 1.807) is 0 Å². The molecule has 2 aromatic carbocycles. The molecular formula is C17H16N2. The van der Waals surface area contributed by atoms with E-state index in [1.165, 1.54) is 27.6 Å². The molecule has 1 unspecified atom stereocenters. The summed E-state index contributed by atoms with van der Waals surface area (Å²) < 4.78 is 0. The molecule has 0 aliphatic carbocycles. The molecule has 0 spiro atoms. The number of rotatable bonds is 1. The van der Waals surface area contributed by atoms with Gasteiger partial charge < -0.3 is 10.3 Å². The third kappa shape index (κ3) is 1.68. The predicted octanol–water partition coefficient (Wildman–Crippen LogP) is 3.40. The summed E-state index contributed by atoms with van der Waals surface area (Å²) in [6, 6.07) is 17.3. The van der Waals surface area contributed by atoms with Crippen LogP contribution in [-0.2, 0) is 6.54 Å². The van der Waals surface area contributed by atoms with Crippen molar-refractivity contribution in [1.29, 1.82) is 0 Å². The maximum atomic E-state index is 3.57. The predicted molar refractivity (Wildman–Crippen MR) is 78.3 cm³/mol. The van der Waals surface area contributed by atoms with Gasteiger partial charge in [-0.3, -0.25) is 0 Å². The topological polar surface area (TPSA) is 27.8 Å². The lowest BCUT2D eigenvalue weighted by Crippen LogP contribution is -2.19. The Hall–Kier alpha value is -2.06. The maximum absolute atomic E-state index is 3.57. The summed E-state index contributed by atoms with van der Waals surface area (Å²) in [4.78, 5) is 3.42. The van der Waals surface area contributed by atoms with Gasteiger partial charge in [-0.1, -0.05) is 42.5 Å². The lowest BCUT2D eigenvalue weighted by atomic mass is 9.91. The number of nitrogens with one attached hydrogen (secondary N) is 2. The Kier molecular flexibility index (Phi) is 2.42. The van der Waals surface area contributed by atoms with Gasteiger partial charge in [-0.2, -0.15) is 0 Å². The molecule has 2 heteroatoms. The van der Waals surface area contributed by atoms with Gasteiger partial charge in [0, 0.05) is 36.1 Å². The zero-order valence-electron chi connectivity index (χ0n) is 10.7. The van der Waals surface area contributed by atoms with Crippen molar-refractivity contribution in [3.8, 4) is 0 Å². The first-order chi connectivity index (χ1) is 9.43. The number of aromatic amines is 1. The summed E-state index contributed by atoms with van der Waals surface area (Å²) in [5.41, 5.74) is 5.44. The molecule has 1 atom stereocenters. The van der Waals surface area contributed by atoms with Crippen LogP contribution in [0.5, 0.6) is 0 Å². The zero-order chi connectivity index (χ0) is 12.7. The maximum Gasteiger partial charge on any atom is 0.0460 e. The van der Waals surface area contributed by atoms with Gasteiger partial charge in [0.2, 0.25) is 0 Å². The second-order valence-electron chi connectivity index (χ2n) is 5.18. The van der Waals surface area contributed by atoms with Crippen LogP contribution >= 0.6 is 0 Å². The van der Waals surface area contributed by atoms with Gasteiger partial charge in [-0.05, 0) is 22.8 Å². The molecule has 1 aliphatic heterocycles. The highest BCUT2D eigenvalue weighted by molar-refractivity contribution is 5.88. The number of hydrogen-bond donors (Lipinski definition) is 2. The molecule has 1 aliphatic rings. The standard InChI is InChI=1S/C17H16N2/c1-2-5-12(6-3-1)14-10-18-9-13-7-4-8-16-17(13)15(14)11-19-16/h1-8,11,14,18-19H,9-10H2. The van der Waals surface area contributed by atoms with Crippen molar-refractivity contribution in [1.82, 2.24) is 10.3 Å². The van der Waals surface area contributed by atoms with Crippen molar-refractivity contribution in [3.05, 3.63) is 71.4 Å². The Morgan fingerprint density at radius 3 is 2.74 bits per heavy atom. The average Bonchev–Trinajstić information content (AvgIpc) is 2.79. The third-order valence-electron chi connectivity index (χ3n) is 4.06. The third-order valence-corrected chi connectivity index (χ3v) is 4.06. The van der Waals surface area contributed by atoms with E-state index < -0.39 is 0 Å². The molecule has 0 saturated carbocycles. The monoisotopic (exact) mass is 248 g/mol. The zero-order valence-corrected chi connectivity index (χ0v) is 10.7. The molecule has 2 nitrogen and oxygen atoms in total. The second kappa shape index (κ2) is 4.25. The van der Waals surface area contributed by atoms with E-state index in [-0.39, 0.29) is 0 Å². The van der Waals surface area contributed by atoms with Gasteiger partial charge in [0.1, 0.15) is 0 Å². The van der Waals surface area contributed by atoms with Crippen LogP contribution in [0.3, 0.4) is 0 Å². The fraction of sp³-hybridized carbons (Fsp3) is 0.176. The number of hydrogen-bond acceptors (Lipinski definition) is 1. The first-order valence-electron chi connectivity index (χ1n) is 6.78. The molecule has 94 valence electrons. The summed E-state index contributed by atoms with van der Waals surface area (Å²) in [5.74, 6) is 0.429. The van der Waals surface area contributed by atoms with E-state index in [2.05, 4.69) is 65.0 Å². The summed E-state index contributed by atoms with van der Waals surface area (Å²) >= 11 is 0. The van der Waals surface area contributed by atoms with Crippen LogP contribution in [0, 0.1) is 0 Å². The number of benzene rings is 2. The van der Waals surface area contributed by atoms with E-state index in [1.807, 2.05) is 0 Å². The van der Waals surface area contributed by atoms with Crippen LogP contribution in [0.25, 0.3) is 10.9 Å². The minimum atomic E-state index is 0.429. The van der Waals surface area contributed by atoms with Crippen molar-refractivity contribution in [2.75, 3.05) is 6.54 Å². The summed E-state index contributed by atoms with van der Waals surface area (Å²) in [5, 5.41) is 4.98. The lowest BCUT2D eigenvalue weighted by molar-refractivity contribution is 0.651. The highest BCUT2D eigenvalue weighted by atomic mass is 14.9. The van der Waals surface area contributed by atoms with Crippen molar-refractivity contribution >= 4 is 10.9 Å². The normalized spacial score (nSPS) is 18.4. The molecule has 0 fully saturated rings. The van der Waals surface area contributed by atoms with Crippen LogP contribution < -0.4 is 5.32 Å². The summed E-state index contributed by atoms with van der Waals surface area (Å²) in [7, 11) is 0. The van der Waals surface area contributed by atoms with E-state index in [4.69, 9.17) is 0 Å². The van der Waals surface area contributed by atoms with E-state index in [9.17, 15) is 0 Å². The first kappa shape index (κ1) is 10.8. The highest BCUT2D eigenvalue weighted by Crippen LogP contribution is 2.34. The molecule has 4 rings (SSSR count). The van der Waals surface area contributed by atoms with Gasteiger partial charge in [0.25, 0.3) is 0 Å². The Labute approximate surface area is 112 Å². The molecule has 1 aromatic heterocycles. The smallest absolute Gasteiger partial charge is 0.0460 e. The Morgan fingerprint density at radius 1 is 0.947 bits per heavy atom. The van der Waals surface area contributed by atoms with E-state index in [0.29, 0.717) is 5.92 Å². The van der Waals surface area contributed by atoms with Gasteiger partial charge in [-0.15, -0.1) is 0 Å². The molecule has 2 heterocycles. The minimum absolute atomic E-state index is 0.429. The van der Waals surface area contributed by atoms with Gasteiger partial charge in [0.05, 0.1) is 0 Å². The van der Waals surface area contributed by atoms with Crippen molar-refractivity contribution in [3.63, 3.8) is 0 Å². The van der Waals surface area contributed by atoms with Gasteiger partial charge in [0.15, 0.2) is 0 Å². The SMILES string of the molecule is c1ccc(C2CNCc3cccc4[nH]cc2c34)cc1. The van der Waals surface area contributed by atoms with Crippen molar-refractivity contribution in [2.24, 2.45) is 0 Å². The minimum Gasteiger partial charge on any atom is -0.361 e. The highest BCUT2D eigenvalue weighted by Gasteiger charge is 2.21. The number of H-pyrrole nitrogens is 1. The number of aromatic nitrogens is 1. The molecule has 0 bridgehead atoms. The van der Waals surface area contributed by atoms with Crippen LogP contribution in [0.2, 0.25) is 0 Å². The molecule has 19 heavy (non-hydrogen) atoms. The van der Waals surface area contributed by atoms with E-state index in [0.717, 1.165) is 13.1 Å². The largest absolute Gasteiger partial charge is 0.361 e. The molecule has 2 N–H and O–H groups in total. The fourth-order valence-electron chi connectivity index (χ4n) is 3.16. The van der Waals surface area contributed by atoms with Crippen molar-refractivity contribution in [2.45, 2.75) is 12.5 Å². The average molecular weight is 248 g/mol. The van der Waals surface area contributed by atoms with Crippen LogP contribution in [0.4, 0.5) is 0 Å². The fourth-order valence-corrected chi connectivity index (χ4v) is 3.16. The van der Waals surface area contributed by atoms with Crippen molar-refractivity contribution < 1.29 is 0 Å². The molecule has 0 saturated heterocycles. The van der Waals surface area contributed by atoms with Crippen LogP contribution in [0.15, 0.2) is 54.7 Å². The Morgan fingerprint density at radius 2 is 1.84 bits per heavy atom. The molecular weight excluding hydrogens is 232 g/mol. The second-order valence-corrected chi connectivity index (χ2v) is 5.18. The molecule has 3 aromatic rings. The van der Waals surface area contributed by atoms with Gasteiger partial charge >= 0.3 is 0 Å². The Balaban J connectivity index is 1.95. The van der Waals surface area contributed by atoms with Crippen LogP contribution in [0.1, 0.15) is 22.6 Å².